The van der Waals surface area contributed by atoms with Gasteiger partial charge in [0, 0.05) is 0 Å². The van der Waals surface area contributed by atoms with E-state index >= 15 is 0 Å². The number of aryl methyl sites for hydroxylation is 3. The van der Waals surface area contributed by atoms with Crippen LogP contribution in [0, 0.1) is 20.8 Å². The van der Waals surface area contributed by atoms with Crippen LogP contribution in [0.25, 0.3) is 0 Å². The molecule has 0 fully saturated rings. The van der Waals surface area contributed by atoms with Crippen LogP contribution < -0.4 is 4.31 Å². The summed E-state index contributed by atoms with van der Waals surface area (Å²) in [7, 11) is -3.95. The van der Waals surface area contributed by atoms with Gasteiger partial charge < -0.3 is 5.11 Å². The second-order valence-electron chi connectivity index (χ2n) is 5.56. The van der Waals surface area contributed by atoms with E-state index in [4.69, 9.17) is 5.11 Å². The number of anilines is 1. The molecule has 0 heterocycles. The lowest BCUT2D eigenvalue weighted by Gasteiger charge is -2.23. The molecule has 0 saturated carbocycles. The fraction of sp³-hybridized carbons (Fsp3) is 0.235. The van der Waals surface area contributed by atoms with Crippen LogP contribution in [0.5, 0.6) is 0 Å². The lowest BCUT2D eigenvalue weighted by molar-refractivity contribution is -0.135. The Morgan fingerprint density at radius 3 is 1.96 bits per heavy atom. The lowest BCUT2D eigenvalue weighted by Crippen LogP contribution is -2.35. The maximum Gasteiger partial charge on any atom is 0.324 e. The first-order chi connectivity index (χ1) is 10.7. The van der Waals surface area contributed by atoms with Gasteiger partial charge in [-0.05, 0) is 56.2 Å². The van der Waals surface area contributed by atoms with Crippen molar-refractivity contribution in [3.63, 3.8) is 0 Å². The summed E-state index contributed by atoms with van der Waals surface area (Å²) in [5, 5.41) is 9.13. The van der Waals surface area contributed by atoms with Crippen molar-refractivity contribution in [3.05, 3.63) is 59.2 Å². The van der Waals surface area contributed by atoms with Crippen molar-refractivity contribution in [1.29, 1.82) is 0 Å². The molecule has 0 unspecified atom stereocenters. The second-order valence-corrected chi connectivity index (χ2v) is 7.43. The Bertz CT molecular complexity index is 806. The summed E-state index contributed by atoms with van der Waals surface area (Å²) in [5.41, 5.74) is 3.02. The molecule has 2 aromatic carbocycles. The summed E-state index contributed by atoms with van der Waals surface area (Å²) >= 11 is 0. The summed E-state index contributed by atoms with van der Waals surface area (Å²) in [5.74, 6) is -1.21. The highest BCUT2D eigenvalue weighted by atomic mass is 32.2. The molecule has 0 saturated heterocycles. The molecule has 1 N–H and O–H groups in total. The first-order valence-electron chi connectivity index (χ1n) is 7.09. The molecule has 6 heteroatoms. The Morgan fingerprint density at radius 1 is 0.957 bits per heavy atom. The van der Waals surface area contributed by atoms with Crippen molar-refractivity contribution in [2.24, 2.45) is 0 Å². The number of aliphatic carboxylic acids is 1. The highest BCUT2D eigenvalue weighted by molar-refractivity contribution is 7.92. The topological polar surface area (TPSA) is 74.7 Å². The van der Waals surface area contributed by atoms with Crippen molar-refractivity contribution in [2.75, 3.05) is 10.8 Å². The molecular formula is C17H19NO4S. The molecule has 122 valence electrons. The van der Waals surface area contributed by atoms with Gasteiger partial charge in [0.05, 0.1) is 10.6 Å². The van der Waals surface area contributed by atoms with Crippen LogP contribution in [0.1, 0.15) is 16.7 Å². The van der Waals surface area contributed by atoms with Crippen molar-refractivity contribution in [2.45, 2.75) is 25.7 Å². The summed E-state index contributed by atoms with van der Waals surface area (Å²) in [6.45, 7) is 4.91. The SMILES string of the molecule is Cc1ccc(S(=O)(=O)N(CC(=O)O)c2cc(C)cc(C)c2)cc1. The number of carboxylic acids is 1. The van der Waals surface area contributed by atoms with Gasteiger partial charge in [-0.3, -0.25) is 9.10 Å². The van der Waals surface area contributed by atoms with E-state index in [2.05, 4.69) is 0 Å². The zero-order valence-electron chi connectivity index (χ0n) is 13.3. The number of carbonyl (C=O) groups is 1. The predicted molar refractivity (Wildman–Crippen MR) is 89.3 cm³/mol. The van der Waals surface area contributed by atoms with Crippen LogP contribution in [-0.2, 0) is 14.8 Å². The molecule has 0 aliphatic rings. The zero-order chi connectivity index (χ0) is 17.2. The van der Waals surface area contributed by atoms with Crippen LogP contribution in [0.4, 0.5) is 5.69 Å². The third kappa shape index (κ3) is 3.90. The lowest BCUT2D eigenvalue weighted by atomic mass is 10.1. The molecule has 0 radical (unpaired) electrons. The number of hydrogen-bond acceptors (Lipinski definition) is 3. The van der Waals surface area contributed by atoms with Gasteiger partial charge in [-0.1, -0.05) is 23.8 Å². The molecular weight excluding hydrogens is 314 g/mol. The van der Waals surface area contributed by atoms with E-state index < -0.39 is 22.5 Å². The van der Waals surface area contributed by atoms with Gasteiger partial charge in [0.25, 0.3) is 10.0 Å². The summed E-state index contributed by atoms with van der Waals surface area (Å²) in [4.78, 5) is 11.3. The van der Waals surface area contributed by atoms with E-state index in [9.17, 15) is 13.2 Å². The fourth-order valence-corrected chi connectivity index (χ4v) is 3.77. The van der Waals surface area contributed by atoms with E-state index in [1.54, 1.807) is 24.3 Å². The first-order valence-corrected chi connectivity index (χ1v) is 8.53. The number of hydrogen-bond donors (Lipinski definition) is 1. The van der Waals surface area contributed by atoms with Crippen molar-refractivity contribution in [1.82, 2.24) is 0 Å². The summed E-state index contributed by atoms with van der Waals surface area (Å²) < 4.78 is 26.7. The monoisotopic (exact) mass is 333 g/mol. The van der Waals surface area contributed by atoms with E-state index in [1.165, 1.54) is 12.1 Å². The Morgan fingerprint density at radius 2 is 1.48 bits per heavy atom. The molecule has 0 amide bonds. The van der Waals surface area contributed by atoms with Crippen LogP contribution in [0.15, 0.2) is 47.4 Å². The first kappa shape index (κ1) is 17.0. The highest BCUT2D eigenvalue weighted by Gasteiger charge is 2.27. The van der Waals surface area contributed by atoms with Gasteiger partial charge in [0.2, 0.25) is 0 Å². The summed E-state index contributed by atoms with van der Waals surface area (Å²) in [6.07, 6.45) is 0. The number of carboxylic acid groups (broad SMARTS) is 1. The van der Waals surface area contributed by atoms with Crippen molar-refractivity contribution < 1.29 is 18.3 Å². The molecule has 0 aliphatic heterocycles. The Kier molecular flexibility index (Phi) is 4.75. The molecule has 23 heavy (non-hydrogen) atoms. The maximum absolute atomic E-state index is 12.9. The fourth-order valence-electron chi connectivity index (χ4n) is 2.37. The Hall–Kier alpha value is -2.34. The third-order valence-corrected chi connectivity index (χ3v) is 5.17. The van der Waals surface area contributed by atoms with Gasteiger partial charge in [-0.25, -0.2) is 8.42 Å². The molecule has 5 nitrogen and oxygen atoms in total. The van der Waals surface area contributed by atoms with Gasteiger partial charge in [-0.15, -0.1) is 0 Å². The van der Waals surface area contributed by atoms with Crippen molar-refractivity contribution >= 4 is 21.7 Å². The molecule has 2 rings (SSSR count). The Balaban J connectivity index is 2.57. The number of nitrogens with zero attached hydrogens (tertiary/aromatic N) is 1. The minimum Gasteiger partial charge on any atom is -0.480 e. The second kappa shape index (κ2) is 6.42. The molecule has 0 bridgehead atoms. The average molecular weight is 333 g/mol. The quantitative estimate of drug-likeness (QED) is 0.913. The minimum atomic E-state index is -3.95. The Labute approximate surface area is 136 Å². The normalized spacial score (nSPS) is 11.3. The largest absolute Gasteiger partial charge is 0.480 e. The highest BCUT2D eigenvalue weighted by Crippen LogP contribution is 2.26. The number of rotatable bonds is 5. The van der Waals surface area contributed by atoms with Crippen LogP contribution in [0.3, 0.4) is 0 Å². The molecule has 0 spiro atoms. The van der Waals surface area contributed by atoms with E-state index in [-0.39, 0.29) is 4.90 Å². The molecule has 0 atom stereocenters. The van der Waals surface area contributed by atoms with Gasteiger partial charge in [-0.2, -0.15) is 0 Å². The standard InChI is InChI=1S/C17H19NO4S/c1-12-4-6-16(7-5-12)23(21,22)18(11-17(19)20)15-9-13(2)8-14(3)10-15/h4-10H,11H2,1-3H3,(H,19,20). The van der Waals surface area contributed by atoms with Gasteiger partial charge >= 0.3 is 5.97 Å². The minimum absolute atomic E-state index is 0.0727. The van der Waals surface area contributed by atoms with Crippen LogP contribution >= 0.6 is 0 Å². The smallest absolute Gasteiger partial charge is 0.324 e. The molecule has 0 aromatic heterocycles. The average Bonchev–Trinajstić information content (AvgIpc) is 2.43. The van der Waals surface area contributed by atoms with Crippen LogP contribution in [-0.4, -0.2) is 26.0 Å². The van der Waals surface area contributed by atoms with Gasteiger partial charge in [0.1, 0.15) is 6.54 Å². The summed E-state index contributed by atoms with van der Waals surface area (Å²) in [6, 6.07) is 11.6. The van der Waals surface area contributed by atoms with Crippen LogP contribution in [0.2, 0.25) is 0 Å². The van der Waals surface area contributed by atoms with E-state index in [0.29, 0.717) is 5.69 Å². The predicted octanol–water partition coefficient (Wildman–Crippen LogP) is 2.89. The van der Waals surface area contributed by atoms with Gasteiger partial charge in [0.15, 0.2) is 0 Å². The zero-order valence-corrected chi connectivity index (χ0v) is 14.1. The van der Waals surface area contributed by atoms with Crippen molar-refractivity contribution in [3.8, 4) is 0 Å². The van der Waals surface area contributed by atoms with E-state index in [1.807, 2.05) is 26.8 Å². The number of benzene rings is 2. The number of sulfonamides is 1. The maximum atomic E-state index is 12.9. The third-order valence-electron chi connectivity index (χ3n) is 3.38. The van der Waals surface area contributed by atoms with E-state index in [0.717, 1.165) is 21.0 Å². The molecule has 2 aromatic rings. The molecule has 0 aliphatic carbocycles.